The van der Waals surface area contributed by atoms with Gasteiger partial charge in [0.15, 0.2) is 0 Å². The number of piperidine rings is 1. The van der Waals surface area contributed by atoms with Crippen molar-refractivity contribution >= 4 is 23.9 Å². The lowest BCUT2D eigenvalue weighted by Gasteiger charge is -2.25. The standard InChI is InChI=1S/C17H22N4O3/c22-17(10-14-20-12-4-1-5-13-20)19-18-11-6-8-15-7-2-3-9-16(15)21(23)24/h2-3,6-9,11H,1,4-5,10,12-14H2,(H,19,22)/b8-6+,18-11+. The number of hydrogen-bond acceptors (Lipinski definition) is 5. The molecule has 1 fully saturated rings. The number of carbonyl (C=O) groups is 1. The first-order valence-electron chi connectivity index (χ1n) is 8.11. The average molecular weight is 330 g/mol. The number of nitro benzene ring substituents is 1. The summed E-state index contributed by atoms with van der Waals surface area (Å²) < 4.78 is 0. The van der Waals surface area contributed by atoms with E-state index in [2.05, 4.69) is 15.4 Å². The molecule has 24 heavy (non-hydrogen) atoms. The third-order valence-electron chi connectivity index (χ3n) is 3.86. The summed E-state index contributed by atoms with van der Waals surface area (Å²) in [4.78, 5) is 24.4. The van der Waals surface area contributed by atoms with Crippen molar-refractivity contribution in [2.45, 2.75) is 25.7 Å². The minimum Gasteiger partial charge on any atom is -0.303 e. The molecule has 1 N–H and O–H groups in total. The fraction of sp³-hybridized carbons (Fsp3) is 0.412. The van der Waals surface area contributed by atoms with E-state index in [4.69, 9.17) is 0 Å². The Balaban J connectivity index is 1.73. The maximum Gasteiger partial charge on any atom is 0.276 e. The van der Waals surface area contributed by atoms with Crippen LogP contribution in [0.25, 0.3) is 6.08 Å². The van der Waals surface area contributed by atoms with Gasteiger partial charge < -0.3 is 4.90 Å². The normalized spacial score (nSPS) is 15.8. The monoisotopic (exact) mass is 330 g/mol. The predicted molar refractivity (Wildman–Crippen MR) is 93.7 cm³/mol. The summed E-state index contributed by atoms with van der Waals surface area (Å²) in [7, 11) is 0. The molecule has 1 heterocycles. The fourth-order valence-corrected chi connectivity index (χ4v) is 2.59. The molecule has 1 amide bonds. The molecule has 1 aliphatic rings. The van der Waals surface area contributed by atoms with Crippen LogP contribution < -0.4 is 5.43 Å². The number of benzene rings is 1. The number of likely N-dealkylation sites (tertiary alicyclic amines) is 1. The molecule has 1 aromatic rings. The van der Waals surface area contributed by atoms with E-state index in [1.54, 1.807) is 30.4 Å². The zero-order valence-corrected chi connectivity index (χ0v) is 13.6. The van der Waals surface area contributed by atoms with Crippen LogP contribution in [0.3, 0.4) is 0 Å². The largest absolute Gasteiger partial charge is 0.303 e. The molecule has 7 heteroatoms. The van der Waals surface area contributed by atoms with Gasteiger partial charge in [-0.15, -0.1) is 0 Å². The Hall–Kier alpha value is -2.54. The zero-order chi connectivity index (χ0) is 17.2. The SMILES string of the molecule is O=C(CCN1CCCCC1)N/N=C/C=C/c1ccccc1[N+](=O)[O-]. The molecular weight excluding hydrogens is 308 g/mol. The second kappa shape index (κ2) is 9.57. The van der Waals surface area contributed by atoms with Gasteiger partial charge in [0.1, 0.15) is 0 Å². The molecule has 0 saturated carbocycles. The Labute approximate surface area is 141 Å². The fourth-order valence-electron chi connectivity index (χ4n) is 2.59. The summed E-state index contributed by atoms with van der Waals surface area (Å²) in [6.45, 7) is 2.89. The Kier molecular flexibility index (Phi) is 7.10. The highest BCUT2D eigenvalue weighted by molar-refractivity contribution is 5.82. The summed E-state index contributed by atoms with van der Waals surface area (Å²) in [6.07, 6.45) is 8.67. The number of carbonyl (C=O) groups excluding carboxylic acids is 1. The number of hydrogen-bond donors (Lipinski definition) is 1. The maximum atomic E-state index is 11.7. The Morgan fingerprint density at radius 1 is 1.29 bits per heavy atom. The number of hydrazone groups is 1. The number of nitrogens with zero attached hydrogens (tertiary/aromatic N) is 3. The number of amides is 1. The Morgan fingerprint density at radius 2 is 2.04 bits per heavy atom. The van der Waals surface area contributed by atoms with E-state index in [0.717, 1.165) is 19.6 Å². The van der Waals surface area contributed by atoms with Crippen LogP contribution in [0.5, 0.6) is 0 Å². The maximum absolute atomic E-state index is 11.7. The van der Waals surface area contributed by atoms with Crippen molar-refractivity contribution in [2.24, 2.45) is 5.10 Å². The lowest BCUT2D eigenvalue weighted by atomic mass is 10.1. The molecule has 7 nitrogen and oxygen atoms in total. The van der Waals surface area contributed by atoms with Gasteiger partial charge in [-0.05, 0) is 44.1 Å². The zero-order valence-electron chi connectivity index (χ0n) is 13.6. The van der Waals surface area contributed by atoms with Crippen molar-refractivity contribution in [1.29, 1.82) is 0 Å². The molecule has 0 aliphatic carbocycles. The van der Waals surface area contributed by atoms with E-state index in [1.807, 2.05) is 0 Å². The van der Waals surface area contributed by atoms with Crippen molar-refractivity contribution in [3.8, 4) is 0 Å². The van der Waals surface area contributed by atoms with Crippen LogP contribution >= 0.6 is 0 Å². The van der Waals surface area contributed by atoms with E-state index in [-0.39, 0.29) is 11.6 Å². The molecular formula is C17H22N4O3. The number of allylic oxidation sites excluding steroid dienone is 1. The minimum absolute atomic E-state index is 0.0349. The van der Waals surface area contributed by atoms with Crippen LogP contribution in [0.15, 0.2) is 35.4 Å². The molecule has 2 rings (SSSR count). The van der Waals surface area contributed by atoms with E-state index in [0.29, 0.717) is 12.0 Å². The highest BCUT2D eigenvalue weighted by atomic mass is 16.6. The van der Waals surface area contributed by atoms with Gasteiger partial charge in [-0.25, -0.2) is 5.43 Å². The molecule has 1 aromatic carbocycles. The highest BCUT2D eigenvalue weighted by Gasteiger charge is 2.11. The summed E-state index contributed by atoms with van der Waals surface area (Å²) >= 11 is 0. The topological polar surface area (TPSA) is 87.8 Å². The van der Waals surface area contributed by atoms with Gasteiger partial charge in [0.05, 0.1) is 10.5 Å². The van der Waals surface area contributed by atoms with Crippen molar-refractivity contribution in [3.05, 3.63) is 46.0 Å². The number of nitrogens with one attached hydrogen (secondary N) is 1. The molecule has 0 atom stereocenters. The minimum atomic E-state index is -0.431. The number of rotatable bonds is 7. The van der Waals surface area contributed by atoms with Crippen LogP contribution in [-0.2, 0) is 4.79 Å². The van der Waals surface area contributed by atoms with E-state index >= 15 is 0 Å². The van der Waals surface area contributed by atoms with Gasteiger partial charge in [0.2, 0.25) is 5.91 Å². The smallest absolute Gasteiger partial charge is 0.276 e. The van der Waals surface area contributed by atoms with E-state index in [9.17, 15) is 14.9 Å². The first-order chi connectivity index (χ1) is 11.7. The molecule has 1 aliphatic heterocycles. The van der Waals surface area contributed by atoms with Crippen LogP contribution in [-0.4, -0.2) is 41.6 Å². The van der Waals surface area contributed by atoms with E-state index < -0.39 is 4.92 Å². The van der Waals surface area contributed by atoms with Gasteiger partial charge in [0, 0.05) is 25.2 Å². The van der Waals surface area contributed by atoms with Crippen molar-refractivity contribution in [3.63, 3.8) is 0 Å². The third kappa shape index (κ3) is 5.92. The van der Waals surface area contributed by atoms with Crippen molar-refractivity contribution < 1.29 is 9.72 Å². The molecule has 0 aromatic heterocycles. The Morgan fingerprint density at radius 3 is 2.79 bits per heavy atom. The summed E-state index contributed by atoms with van der Waals surface area (Å²) in [5, 5.41) is 14.7. The molecule has 0 radical (unpaired) electrons. The summed E-state index contributed by atoms with van der Waals surface area (Å²) in [6, 6.07) is 6.44. The van der Waals surface area contributed by atoms with Crippen LogP contribution in [0.1, 0.15) is 31.2 Å². The van der Waals surface area contributed by atoms with Gasteiger partial charge in [-0.3, -0.25) is 14.9 Å². The molecule has 0 bridgehead atoms. The lowest BCUT2D eigenvalue weighted by molar-refractivity contribution is -0.385. The van der Waals surface area contributed by atoms with Gasteiger partial charge >= 0.3 is 0 Å². The highest BCUT2D eigenvalue weighted by Crippen LogP contribution is 2.18. The second-order valence-corrected chi connectivity index (χ2v) is 5.64. The summed E-state index contributed by atoms with van der Waals surface area (Å²) in [5.74, 6) is -0.129. The van der Waals surface area contributed by atoms with Crippen LogP contribution in [0, 0.1) is 10.1 Å². The number of nitro groups is 1. The van der Waals surface area contributed by atoms with Gasteiger partial charge in [-0.2, -0.15) is 5.10 Å². The lowest BCUT2D eigenvalue weighted by Crippen LogP contribution is -2.33. The second-order valence-electron chi connectivity index (χ2n) is 5.64. The van der Waals surface area contributed by atoms with Crippen LogP contribution in [0.4, 0.5) is 5.69 Å². The van der Waals surface area contributed by atoms with Gasteiger partial charge in [-0.1, -0.05) is 18.6 Å². The van der Waals surface area contributed by atoms with Crippen molar-refractivity contribution in [2.75, 3.05) is 19.6 Å². The van der Waals surface area contributed by atoms with Crippen molar-refractivity contribution in [1.82, 2.24) is 10.3 Å². The molecule has 0 unspecified atom stereocenters. The molecule has 128 valence electrons. The third-order valence-corrected chi connectivity index (χ3v) is 3.86. The van der Waals surface area contributed by atoms with E-state index in [1.165, 1.54) is 31.5 Å². The first kappa shape index (κ1) is 17.8. The number of para-hydroxylation sites is 1. The molecule has 1 saturated heterocycles. The predicted octanol–water partition coefficient (Wildman–Crippen LogP) is 2.59. The Bertz CT molecular complexity index is 622. The van der Waals surface area contributed by atoms with Gasteiger partial charge in [0.25, 0.3) is 5.69 Å². The quantitative estimate of drug-likeness (QED) is 0.473. The summed E-state index contributed by atoms with van der Waals surface area (Å²) in [5.41, 5.74) is 2.99. The molecule has 0 spiro atoms. The van der Waals surface area contributed by atoms with Crippen LogP contribution in [0.2, 0.25) is 0 Å². The average Bonchev–Trinajstić information content (AvgIpc) is 2.61. The first-order valence-corrected chi connectivity index (χ1v) is 8.11.